The highest BCUT2D eigenvalue weighted by molar-refractivity contribution is 7.14. The van der Waals surface area contributed by atoms with Crippen LogP contribution in [-0.2, 0) is 6.61 Å². The Hall–Kier alpha value is -3.72. The summed E-state index contributed by atoms with van der Waals surface area (Å²) in [6, 6.07) is 14.5. The van der Waals surface area contributed by atoms with Crippen LogP contribution in [0.25, 0.3) is 11.3 Å². The average molecular weight is 436 g/mol. The van der Waals surface area contributed by atoms with Crippen LogP contribution < -0.4 is 14.8 Å². The molecule has 0 saturated carbocycles. The molecule has 4 aromatic rings. The van der Waals surface area contributed by atoms with E-state index in [1.54, 1.807) is 31.2 Å². The number of nitrogens with one attached hydrogen (secondary N) is 1. The predicted molar refractivity (Wildman–Crippen MR) is 116 cm³/mol. The van der Waals surface area contributed by atoms with Gasteiger partial charge in [0.05, 0.1) is 12.3 Å². The Balaban J connectivity index is 1.35. The number of benzene rings is 2. The minimum atomic E-state index is -0.243. The second-order valence-electron chi connectivity index (χ2n) is 6.49. The molecule has 0 aliphatic heterocycles. The van der Waals surface area contributed by atoms with Gasteiger partial charge in [-0.05, 0) is 55.5 Å². The number of carbonyl (C=O) groups is 1. The highest BCUT2D eigenvalue weighted by Gasteiger charge is 2.11. The molecule has 0 fully saturated rings. The number of aromatic nitrogens is 3. The summed E-state index contributed by atoms with van der Waals surface area (Å²) in [4.78, 5) is 21.1. The number of aryl methyl sites for hydroxylation is 1. The lowest BCUT2D eigenvalue weighted by atomic mass is 10.2. The molecule has 2 aromatic carbocycles. The normalized spacial score (nSPS) is 10.6. The van der Waals surface area contributed by atoms with E-state index in [9.17, 15) is 4.79 Å². The van der Waals surface area contributed by atoms with Crippen molar-refractivity contribution in [3.05, 3.63) is 71.2 Å². The third-order valence-corrected chi connectivity index (χ3v) is 5.00. The summed E-state index contributed by atoms with van der Waals surface area (Å²) in [6.07, 6.45) is 0. The van der Waals surface area contributed by atoms with Gasteiger partial charge < -0.3 is 14.0 Å². The Morgan fingerprint density at radius 2 is 1.74 bits per heavy atom. The summed E-state index contributed by atoms with van der Waals surface area (Å²) < 4.78 is 16.0. The van der Waals surface area contributed by atoms with E-state index in [0.29, 0.717) is 34.8 Å². The smallest absolute Gasteiger partial charge is 0.257 e. The van der Waals surface area contributed by atoms with E-state index in [1.165, 1.54) is 11.3 Å². The number of ether oxygens (including phenoxy) is 2. The summed E-state index contributed by atoms with van der Waals surface area (Å²) in [6.45, 7) is 4.47. The first-order chi connectivity index (χ1) is 15.1. The van der Waals surface area contributed by atoms with E-state index >= 15 is 0 Å². The van der Waals surface area contributed by atoms with Gasteiger partial charge in [-0.15, -0.1) is 11.3 Å². The van der Waals surface area contributed by atoms with Crippen LogP contribution in [-0.4, -0.2) is 27.6 Å². The molecule has 0 aliphatic rings. The van der Waals surface area contributed by atoms with Crippen LogP contribution in [0.5, 0.6) is 11.5 Å². The quantitative estimate of drug-likeness (QED) is 0.426. The Bertz CT molecular complexity index is 1150. The number of hydrogen-bond donors (Lipinski definition) is 1. The van der Waals surface area contributed by atoms with Crippen LogP contribution in [0.15, 0.2) is 58.4 Å². The van der Waals surface area contributed by atoms with E-state index in [-0.39, 0.29) is 12.5 Å². The van der Waals surface area contributed by atoms with Crippen LogP contribution in [0, 0.1) is 6.92 Å². The number of amides is 1. The van der Waals surface area contributed by atoms with Crippen LogP contribution in [0.2, 0.25) is 0 Å². The lowest BCUT2D eigenvalue weighted by Gasteiger charge is -2.05. The van der Waals surface area contributed by atoms with Crippen LogP contribution in [0.1, 0.15) is 29.0 Å². The molecule has 2 heterocycles. The number of carbonyl (C=O) groups excluding carboxylic acids is 1. The molecule has 0 saturated heterocycles. The monoisotopic (exact) mass is 436 g/mol. The SMILES string of the molecule is CCOc1ccc(-c2csc(NC(=O)c3ccc(OCc4noc(C)n4)cc3)n2)cc1. The van der Waals surface area contributed by atoms with Crippen molar-refractivity contribution < 1.29 is 18.8 Å². The zero-order valence-electron chi connectivity index (χ0n) is 17.0. The molecule has 0 atom stereocenters. The van der Waals surface area contributed by atoms with Crippen molar-refractivity contribution in [1.82, 2.24) is 15.1 Å². The fourth-order valence-electron chi connectivity index (χ4n) is 2.77. The summed E-state index contributed by atoms with van der Waals surface area (Å²) in [5.74, 6) is 2.12. The Morgan fingerprint density at radius 3 is 2.42 bits per heavy atom. The van der Waals surface area contributed by atoms with Crippen molar-refractivity contribution >= 4 is 22.4 Å². The molecule has 1 amide bonds. The van der Waals surface area contributed by atoms with Crippen molar-refractivity contribution in [2.24, 2.45) is 0 Å². The molecule has 0 spiro atoms. The van der Waals surface area contributed by atoms with Gasteiger partial charge >= 0.3 is 0 Å². The van der Waals surface area contributed by atoms with Gasteiger partial charge in [0.15, 0.2) is 11.7 Å². The van der Waals surface area contributed by atoms with Crippen LogP contribution in [0.3, 0.4) is 0 Å². The summed E-state index contributed by atoms with van der Waals surface area (Å²) in [7, 11) is 0. The van der Waals surface area contributed by atoms with Gasteiger partial charge in [-0.2, -0.15) is 4.98 Å². The largest absolute Gasteiger partial charge is 0.494 e. The number of nitrogens with zero attached hydrogens (tertiary/aromatic N) is 3. The number of anilines is 1. The van der Waals surface area contributed by atoms with Crippen molar-refractivity contribution in [3.8, 4) is 22.8 Å². The molecule has 4 rings (SSSR count). The predicted octanol–water partition coefficient (Wildman–Crippen LogP) is 4.73. The van der Waals surface area contributed by atoms with Gasteiger partial charge in [0.2, 0.25) is 11.7 Å². The Kier molecular flexibility index (Phi) is 6.23. The summed E-state index contributed by atoms with van der Waals surface area (Å²) in [5.41, 5.74) is 2.25. The molecule has 1 N–H and O–H groups in total. The Labute approximate surface area is 182 Å². The summed E-state index contributed by atoms with van der Waals surface area (Å²) >= 11 is 1.37. The van der Waals surface area contributed by atoms with E-state index in [4.69, 9.17) is 14.0 Å². The molecule has 158 valence electrons. The van der Waals surface area contributed by atoms with Crippen LogP contribution in [0.4, 0.5) is 5.13 Å². The Morgan fingerprint density at radius 1 is 1.03 bits per heavy atom. The first kappa shape index (κ1) is 20.5. The second-order valence-corrected chi connectivity index (χ2v) is 7.35. The highest BCUT2D eigenvalue weighted by atomic mass is 32.1. The molecular weight excluding hydrogens is 416 g/mol. The molecule has 2 aromatic heterocycles. The number of rotatable bonds is 8. The van der Waals surface area contributed by atoms with E-state index in [0.717, 1.165) is 17.0 Å². The molecule has 0 unspecified atom stereocenters. The standard InChI is InChI=1S/C22H20N4O4S/c1-3-28-17-8-4-15(5-9-17)19-13-31-22(24-19)25-21(27)16-6-10-18(11-7-16)29-12-20-23-14(2)30-26-20/h4-11,13H,3,12H2,1-2H3,(H,24,25,27). The first-order valence-electron chi connectivity index (χ1n) is 9.63. The fourth-order valence-corrected chi connectivity index (χ4v) is 3.49. The van der Waals surface area contributed by atoms with Crippen LogP contribution >= 0.6 is 11.3 Å². The first-order valence-corrected chi connectivity index (χ1v) is 10.5. The van der Waals surface area contributed by atoms with Gasteiger partial charge in [0, 0.05) is 23.4 Å². The van der Waals surface area contributed by atoms with Crippen molar-refractivity contribution in [1.29, 1.82) is 0 Å². The lowest BCUT2D eigenvalue weighted by molar-refractivity contribution is 0.102. The van der Waals surface area contributed by atoms with Gasteiger partial charge in [-0.25, -0.2) is 4.98 Å². The minimum absolute atomic E-state index is 0.191. The molecule has 0 radical (unpaired) electrons. The highest BCUT2D eigenvalue weighted by Crippen LogP contribution is 2.27. The van der Waals surface area contributed by atoms with Gasteiger partial charge in [-0.3, -0.25) is 10.1 Å². The zero-order chi connectivity index (χ0) is 21.6. The van der Waals surface area contributed by atoms with Gasteiger partial charge in [0.1, 0.15) is 11.5 Å². The second kappa shape index (κ2) is 9.40. The molecule has 31 heavy (non-hydrogen) atoms. The third-order valence-electron chi connectivity index (χ3n) is 4.24. The van der Waals surface area contributed by atoms with E-state index in [2.05, 4.69) is 20.4 Å². The van der Waals surface area contributed by atoms with Crippen molar-refractivity contribution in [2.45, 2.75) is 20.5 Å². The molecule has 8 nitrogen and oxygen atoms in total. The molecule has 0 bridgehead atoms. The topological polar surface area (TPSA) is 99.4 Å². The molecule has 0 aliphatic carbocycles. The van der Waals surface area contributed by atoms with Gasteiger partial charge in [-0.1, -0.05) is 5.16 Å². The minimum Gasteiger partial charge on any atom is -0.494 e. The maximum Gasteiger partial charge on any atom is 0.257 e. The number of thiazole rings is 1. The van der Waals surface area contributed by atoms with Crippen molar-refractivity contribution in [2.75, 3.05) is 11.9 Å². The zero-order valence-corrected chi connectivity index (χ0v) is 17.8. The van der Waals surface area contributed by atoms with E-state index in [1.807, 2.05) is 36.6 Å². The molecule has 9 heteroatoms. The fraction of sp³-hybridized carbons (Fsp3) is 0.182. The number of hydrogen-bond acceptors (Lipinski definition) is 8. The third kappa shape index (κ3) is 5.26. The lowest BCUT2D eigenvalue weighted by Crippen LogP contribution is -2.11. The maximum atomic E-state index is 12.5. The maximum absolute atomic E-state index is 12.5. The van der Waals surface area contributed by atoms with E-state index < -0.39 is 0 Å². The summed E-state index contributed by atoms with van der Waals surface area (Å²) in [5, 5.41) is 9.04. The molecular formula is C22H20N4O4S. The van der Waals surface area contributed by atoms with Crippen molar-refractivity contribution in [3.63, 3.8) is 0 Å². The average Bonchev–Trinajstić information content (AvgIpc) is 3.42. The van der Waals surface area contributed by atoms with Gasteiger partial charge in [0.25, 0.3) is 5.91 Å².